The number of hydrogen-bond acceptors (Lipinski definition) is 4. The summed E-state index contributed by atoms with van der Waals surface area (Å²) in [5, 5.41) is 2.70. The lowest BCUT2D eigenvalue weighted by Gasteiger charge is -2.06. The molecule has 7 heteroatoms. The van der Waals surface area contributed by atoms with Crippen LogP contribution in [0.1, 0.15) is 23.2 Å². The Kier molecular flexibility index (Phi) is 5.71. The van der Waals surface area contributed by atoms with E-state index >= 15 is 0 Å². The Hall–Kier alpha value is -3.35. The van der Waals surface area contributed by atoms with Crippen LogP contribution in [0.5, 0.6) is 11.5 Å². The van der Waals surface area contributed by atoms with Crippen molar-refractivity contribution in [3.8, 4) is 11.5 Å². The van der Waals surface area contributed by atoms with Gasteiger partial charge in [-0.15, -0.1) is 0 Å². The first-order valence-corrected chi connectivity index (χ1v) is 8.26. The first-order chi connectivity index (χ1) is 13.0. The molecule has 1 heterocycles. The van der Waals surface area contributed by atoms with Gasteiger partial charge in [0.2, 0.25) is 0 Å². The standard InChI is InChI=1S/C20H17F2NO4/c1-2-25-15-6-4-14(5-7-15)23-20(24)19-10-8-16(27-19)12-26-18-9-3-13(21)11-17(18)22/h3-11H,2,12H2,1H3,(H,23,24). The highest BCUT2D eigenvalue weighted by Crippen LogP contribution is 2.20. The zero-order valence-corrected chi connectivity index (χ0v) is 14.5. The number of halogens is 2. The van der Waals surface area contributed by atoms with E-state index in [1.165, 1.54) is 12.1 Å². The summed E-state index contributed by atoms with van der Waals surface area (Å²) < 4.78 is 42.4. The van der Waals surface area contributed by atoms with Gasteiger partial charge >= 0.3 is 0 Å². The third-order valence-electron chi connectivity index (χ3n) is 3.57. The summed E-state index contributed by atoms with van der Waals surface area (Å²) in [6, 6.07) is 13.0. The van der Waals surface area contributed by atoms with E-state index in [1.807, 2.05) is 6.92 Å². The second-order valence-electron chi connectivity index (χ2n) is 5.54. The van der Waals surface area contributed by atoms with Crippen molar-refractivity contribution in [2.24, 2.45) is 0 Å². The van der Waals surface area contributed by atoms with Crippen molar-refractivity contribution < 1.29 is 27.5 Å². The number of carbonyl (C=O) groups is 1. The molecule has 0 spiro atoms. The average molecular weight is 373 g/mol. The zero-order chi connectivity index (χ0) is 19.2. The van der Waals surface area contributed by atoms with E-state index in [1.54, 1.807) is 30.3 Å². The Bertz CT molecular complexity index is 922. The normalized spacial score (nSPS) is 10.5. The van der Waals surface area contributed by atoms with Crippen molar-refractivity contribution in [3.63, 3.8) is 0 Å². The van der Waals surface area contributed by atoms with E-state index in [-0.39, 0.29) is 18.1 Å². The van der Waals surface area contributed by atoms with Gasteiger partial charge in [0, 0.05) is 11.8 Å². The van der Waals surface area contributed by atoms with E-state index in [4.69, 9.17) is 13.9 Å². The van der Waals surface area contributed by atoms with Gasteiger partial charge in [0.05, 0.1) is 6.61 Å². The predicted octanol–water partition coefficient (Wildman–Crippen LogP) is 4.79. The number of hydrogen-bond donors (Lipinski definition) is 1. The van der Waals surface area contributed by atoms with E-state index in [2.05, 4.69) is 5.32 Å². The predicted molar refractivity (Wildman–Crippen MR) is 95.0 cm³/mol. The quantitative estimate of drug-likeness (QED) is 0.647. The molecule has 5 nitrogen and oxygen atoms in total. The number of ether oxygens (including phenoxy) is 2. The van der Waals surface area contributed by atoms with Gasteiger partial charge < -0.3 is 19.2 Å². The van der Waals surface area contributed by atoms with Crippen molar-refractivity contribution in [3.05, 3.63) is 77.8 Å². The van der Waals surface area contributed by atoms with Gasteiger partial charge in [0.1, 0.15) is 23.9 Å². The SMILES string of the molecule is CCOc1ccc(NC(=O)c2ccc(COc3ccc(F)cc3F)o2)cc1. The maximum Gasteiger partial charge on any atom is 0.291 e. The highest BCUT2D eigenvalue weighted by molar-refractivity contribution is 6.02. The fourth-order valence-electron chi connectivity index (χ4n) is 2.31. The molecule has 3 aromatic rings. The molecule has 0 fully saturated rings. The van der Waals surface area contributed by atoms with Crippen LogP contribution in [0.4, 0.5) is 14.5 Å². The van der Waals surface area contributed by atoms with Crippen molar-refractivity contribution in [2.75, 3.05) is 11.9 Å². The summed E-state index contributed by atoms with van der Waals surface area (Å²) >= 11 is 0. The van der Waals surface area contributed by atoms with Crippen LogP contribution in [-0.2, 0) is 6.61 Å². The third-order valence-corrected chi connectivity index (χ3v) is 3.57. The van der Waals surface area contributed by atoms with Crippen molar-refractivity contribution in [1.82, 2.24) is 0 Å². The molecule has 0 atom stereocenters. The van der Waals surface area contributed by atoms with Crippen LogP contribution >= 0.6 is 0 Å². The second kappa shape index (κ2) is 8.35. The van der Waals surface area contributed by atoms with Crippen LogP contribution in [0.25, 0.3) is 0 Å². The summed E-state index contributed by atoms with van der Waals surface area (Å²) in [6.07, 6.45) is 0. The molecule has 27 heavy (non-hydrogen) atoms. The molecule has 3 rings (SSSR count). The Labute approximate surface area is 154 Å². The number of anilines is 1. The Morgan fingerprint density at radius 2 is 1.81 bits per heavy atom. The summed E-state index contributed by atoms with van der Waals surface area (Å²) in [5.41, 5.74) is 0.589. The molecule has 2 aromatic carbocycles. The zero-order valence-electron chi connectivity index (χ0n) is 14.5. The van der Waals surface area contributed by atoms with Crippen molar-refractivity contribution in [1.29, 1.82) is 0 Å². The van der Waals surface area contributed by atoms with Gasteiger partial charge in [0.25, 0.3) is 5.91 Å². The highest BCUT2D eigenvalue weighted by Gasteiger charge is 2.13. The van der Waals surface area contributed by atoms with Gasteiger partial charge in [-0.3, -0.25) is 4.79 Å². The maximum atomic E-state index is 13.5. The molecule has 0 aliphatic rings. The molecule has 1 aromatic heterocycles. The number of benzene rings is 2. The largest absolute Gasteiger partial charge is 0.494 e. The minimum Gasteiger partial charge on any atom is -0.494 e. The van der Waals surface area contributed by atoms with E-state index in [9.17, 15) is 13.6 Å². The Morgan fingerprint density at radius 3 is 2.52 bits per heavy atom. The molecule has 0 aliphatic carbocycles. The van der Waals surface area contributed by atoms with Crippen LogP contribution in [0.3, 0.4) is 0 Å². The monoisotopic (exact) mass is 373 g/mol. The van der Waals surface area contributed by atoms with Gasteiger partial charge in [-0.05, 0) is 55.5 Å². The molecule has 0 saturated carbocycles. The number of carbonyl (C=O) groups excluding carboxylic acids is 1. The maximum absolute atomic E-state index is 13.5. The lowest BCUT2D eigenvalue weighted by molar-refractivity contribution is 0.0992. The smallest absolute Gasteiger partial charge is 0.291 e. The van der Waals surface area contributed by atoms with E-state index in [0.717, 1.165) is 12.1 Å². The molecule has 0 radical (unpaired) electrons. The second-order valence-corrected chi connectivity index (χ2v) is 5.54. The first kappa shape index (κ1) is 18.4. The Morgan fingerprint density at radius 1 is 1.04 bits per heavy atom. The van der Waals surface area contributed by atoms with Gasteiger partial charge in [-0.2, -0.15) is 0 Å². The molecule has 0 aliphatic heterocycles. The average Bonchev–Trinajstić information content (AvgIpc) is 3.12. The number of rotatable bonds is 7. The first-order valence-electron chi connectivity index (χ1n) is 8.26. The highest BCUT2D eigenvalue weighted by atomic mass is 19.1. The molecular weight excluding hydrogens is 356 g/mol. The van der Waals surface area contributed by atoms with Crippen LogP contribution in [0, 0.1) is 11.6 Å². The molecular formula is C20H17F2NO4. The fourth-order valence-corrected chi connectivity index (χ4v) is 2.31. The summed E-state index contributed by atoms with van der Waals surface area (Å²) in [6.45, 7) is 2.35. The fraction of sp³-hybridized carbons (Fsp3) is 0.150. The topological polar surface area (TPSA) is 60.7 Å². The summed E-state index contributed by atoms with van der Waals surface area (Å²) in [4.78, 5) is 12.2. The molecule has 1 N–H and O–H groups in total. The van der Waals surface area contributed by atoms with Gasteiger partial charge in [-0.25, -0.2) is 8.78 Å². The van der Waals surface area contributed by atoms with Crippen LogP contribution in [0.15, 0.2) is 59.0 Å². The van der Waals surface area contributed by atoms with Crippen LogP contribution in [-0.4, -0.2) is 12.5 Å². The van der Waals surface area contributed by atoms with Crippen molar-refractivity contribution >= 4 is 11.6 Å². The molecule has 0 saturated heterocycles. The Balaban J connectivity index is 1.58. The third kappa shape index (κ3) is 4.84. The number of nitrogens with one attached hydrogen (secondary N) is 1. The van der Waals surface area contributed by atoms with Gasteiger partial charge in [-0.1, -0.05) is 0 Å². The van der Waals surface area contributed by atoms with Crippen LogP contribution in [0.2, 0.25) is 0 Å². The van der Waals surface area contributed by atoms with Crippen LogP contribution < -0.4 is 14.8 Å². The molecule has 140 valence electrons. The molecule has 0 unspecified atom stereocenters. The number of furan rings is 1. The lowest BCUT2D eigenvalue weighted by atomic mass is 10.3. The summed E-state index contributed by atoms with van der Waals surface area (Å²) in [7, 11) is 0. The van der Waals surface area contributed by atoms with Gasteiger partial charge in [0.15, 0.2) is 17.3 Å². The number of amides is 1. The minimum absolute atomic E-state index is 0.0852. The van der Waals surface area contributed by atoms with Crippen molar-refractivity contribution in [2.45, 2.75) is 13.5 Å². The molecule has 0 bridgehead atoms. The van der Waals surface area contributed by atoms with E-state index < -0.39 is 17.5 Å². The van der Waals surface area contributed by atoms with E-state index in [0.29, 0.717) is 23.8 Å². The minimum atomic E-state index is -0.810. The summed E-state index contributed by atoms with van der Waals surface area (Å²) in [5.74, 6) is -0.911. The lowest BCUT2D eigenvalue weighted by Crippen LogP contribution is -2.10. The molecule has 1 amide bonds.